The number of nitrogens with two attached hydrogens (primary N) is 1. The van der Waals surface area contributed by atoms with Crippen molar-refractivity contribution in [2.45, 2.75) is 44.4 Å². The van der Waals surface area contributed by atoms with E-state index in [1.807, 2.05) is 12.1 Å². The van der Waals surface area contributed by atoms with Gasteiger partial charge in [0.05, 0.1) is 12.4 Å². The zero-order chi connectivity index (χ0) is 14.7. The lowest BCUT2D eigenvalue weighted by Crippen LogP contribution is -2.36. The predicted molar refractivity (Wildman–Crippen MR) is 84.5 cm³/mol. The van der Waals surface area contributed by atoms with Gasteiger partial charge in [0, 0.05) is 22.6 Å². The maximum Gasteiger partial charge on any atom is 0.119 e. The Hall–Kier alpha value is -0.870. The van der Waals surface area contributed by atoms with E-state index in [4.69, 9.17) is 10.5 Å². The summed E-state index contributed by atoms with van der Waals surface area (Å²) in [5.74, 6) is 2.08. The van der Waals surface area contributed by atoms with Crippen LogP contribution in [0.4, 0.5) is 0 Å². The van der Waals surface area contributed by atoms with Crippen LogP contribution in [0.1, 0.15) is 43.9 Å². The third-order valence-corrected chi connectivity index (χ3v) is 6.40. The Morgan fingerprint density at radius 3 is 2.90 bits per heavy atom. The lowest BCUT2D eigenvalue weighted by atomic mass is 9.87. The van der Waals surface area contributed by atoms with Crippen molar-refractivity contribution in [3.8, 4) is 5.75 Å². The molecule has 0 aromatic heterocycles. The van der Waals surface area contributed by atoms with Gasteiger partial charge < -0.3 is 10.5 Å². The molecule has 0 radical (unpaired) electrons. The van der Waals surface area contributed by atoms with E-state index in [0.717, 1.165) is 36.3 Å². The molecule has 0 bridgehead atoms. The van der Waals surface area contributed by atoms with E-state index in [1.54, 1.807) is 7.11 Å². The molecule has 0 aliphatic heterocycles. The van der Waals surface area contributed by atoms with Crippen LogP contribution in [0.5, 0.6) is 5.75 Å². The van der Waals surface area contributed by atoms with Crippen molar-refractivity contribution in [2.24, 2.45) is 11.7 Å². The second-order valence-corrected chi connectivity index (χ2v) is 7.43. The highest BCUT2D eigenvalue weighted by Gasteiger charge is 2.31. The summed E-state index contributed by atoms with van der Waals surface area (Å²) in [7, 11) is 0.813. The van der Waals surface area contributed by atoms with Crippen LogP contribution < -0.4 is 10.5 Å². The highest BCUT2D eigenvalue weighted by molar-refractivity contribution is 7.85. The van der Waals surface area contributed by atoms with Crippen molar-refractivity contribution >= 4 is 10.8 Å². The van der Waals surface area contributed by atoms with E-state index in [0.29, 0.717) is 5.92 Å². The molecule has 0 spiro atoms. The van der Waals surface area contributed by atoms with Crippen LogP contribution in [-0.4, -0.2) is 22.3 Å². The summed E-state index contributed by atoms with van der Waals surface area (Å²) in [6, 6.07) is 5.93. The van der Waals surface area contributed by atoms with Crippen LogP contribution in [0.3, 0.4) is 0 Å². The highest BCUT2D eigenvalue weighted by atomic mass is 32.2. The van der Waals surface area contributed by atoms with E-state index >= 15 is 0 Å². The highest BCUT2D eigenvalue weighted by Crippen LogP contribution is 2.34. The van der Waals surface area contributed by atoms with Crippen molar-refractivity contribution in [2.75, 3.05) is 12.9 Å². The molecular weight excluding hydrogens is 270 g/mol. The quantitative estimate of drug-likeness (QED) is 0.909. The summed E-state index contributed by atoms with van der Waals surface area (Å²) in [4.78, 5) is 0. The molecule has 2 N–H and O–H groups in total. The molecule has 1 aliphatic carbocycles. The molecule has 0 saturated carbocycles. The Labute approximate surface area is 124 Å². The fraction of sp³-hybridized carbons (Fsp3) is 0.625. The summed E-state index contributed by atoms with van der Waals surface area (Å²) in [5, 5.41) is 0.0728. The predicted octanol–water partition coefficient (Wildman–Crippen LogP) is 2.80. The Bertz CT molecular complexity index is 489. The van der Waals surface area contributed by atoms with Crippen LogP contribution in [0.2, 0.25) is 0 Å². The minimum atomic E-state index is -0.848. The van der Waals surface area contributed by atoms with Crippen molar-refractivity contribution in [3.63, 3.8) is 0 Å². The summed E-state index contributed by atoms with van der Waals surface area (Å²) >= 11 is 0. The number of rotatable bonds is 5. The van der Waals surface area contributed by atoms with Crippen LogP contribution >= 0.6 is 0 Å². The average molecular weight is 295 g/mol. The molecule has 3 nitrogen and oxygen atoms in total. The normalized spacial score (nSPS) is 24.8. The Morgan fingerprint density at radius 1 is 1.50 bits per heavy atom. The first kappa shape index (κ1) is 15.5. The lowest BCUT2D eigenvalue weighted by Gasteiger charge is -2.31. The molecule has 4 heteroatoms. The van der Waals surface area contributed by atoms with Crippen molar-refractivity contribution in [1.29, 1.82) is 0 Å². The number of benzene rings is 1. The number of hydrogen-bond donors (Lipinski definition) is 1. The summed E-state index contributed by atoms with van der Waals surface area (Å²) in [6.07, 6.45) is 2.95. The SMILES string of the molecule is CCC(C)CS(=O)C1CCc2ccc(OC)cc2C1N. The van der Waals surface area contributed by atoms with Gasteiger partial charge in [0.15, 0.2) is 0 Å². The van der Waals surface area contributed by atoms with E-state index in [1.165, 1.54) is 5.56 Å². The van der Waals surface area contributed by atoms with Crippen LogP contribution in [0, 0.1) is 5.92 Å². The second-order valence-electron chi connectivity index (χ2n) is 5.73. The summed E-state index contributed by atoms with van der Waals surface area (Å²) in [6.45, 7) is 4.30. The van der Waals surface area contributed by atoms with E-state index in [-0.39, 0.29) is 11.3 Å². The van der Waals surface area contributed by atoms with E-state index < -0.39 is 10.8 Å². The number of methoxy groups -OCH3 is 1. The molecule has 0 fully saturated rings. The van der Waals surface area contributed by atoms with Gasteiger partial charge in [0.1, 0.15) is 5.75 Å². The van der Waals surface area contributed by atoms with Crippen LogP contribution in [0.25, 0.3) is 0 Å². The van der Waals surface area contributed by atoms with Crippen molar-refractivity contribution < 1.29 is 8.95 Å². The molecule has 20 heavy (non-hydrogen) atoms. The largest absolute Gasteiger partial charge is 0.497 e. The Balaban J connectivity index is 2.17. The molecule has 112 valence electrons. The number of fused-ring (bicyclic) bond motifs is 1. The number of hydrogen-bond acceptors (Lipinski definition) is 3. The number of aryl methyl sites for hydroxylation is 1. The minimum Gasteiger partial charge on any atom is -0.497 e. The lowest BCUT2D eigenvalue weighted by molar-refractivity contribution is 0.412. The van der Waals surface area contributed by atoms with E-state index in [2.05, 4.69) is 19.9 Å². The molecule has 0 heterocycles. The molecular formula is C16H25NO2S. The third-order valence-electron chi connectivity index (χ3n) is 4.29. The monoisotopic (exact) mass is 295 g/mol. The summed E-state index contributed by atoms with van der Waals surface area (Å²) < 4.78 is 17.8. The first-order valence-corrected chi connectivity index (χ1v) is 8.74. The van der Waals surface area contributed by atoms with Crippen molar-refractivity contribution in [3.05, 3.63) is 29.3 Å². The first-order chi connectivity index (χ1) is 9.56. The van der Waals surface area contributed by atoms with Gasteiger partial charge in [-0.1, -0.05) is 26.3 Å². The maximum atomic E-state index is 12.5. The van der Waals surface area contributed by atoms with Gasteiger partial charge in [-0.15, -0.1) is 0 Å². The standard InChI is InChI=1S/C16H25NO2S/c1-4-11(2)10-20(18)15-8-6-12-5-7-13(19-3)9-14(12)16(15)17/h5,7,9,11,15-16H,4,6,8,10,17H2,1-3H3. The molecule has 0 saturated heterocycles. The van der Waals surface area contributed by atoms with Crippen LogP contribution in [-0.2, 0) is 17.2 Å². The average Bonchev–Trinajstić information content (AvgIpc) is 2.47. The van der Waals surface area contributed by atoms with Gasteiger partial charge >= 0.3 is 0 Å². The fourth-order valence-corrected chi connectivity index (χ4v) is 4.63. The topological polar surface area (TPSA) is 52.3 Å². The Morgan fingerprint density at radius 2 is 2.25 bits per heavy atom. The third kappa shape index (κ3) is 3.23. The van der Waals surface area contributed by atoms with Gasteiger partial charge in [0.25, 0.3) is 0 Å². The molecule has 1 aliphatic rings. The fourth-order valence-electron chi connectivity index (χ4n) is 2.73. The van der Waals surface area contributed by atoms with Gasteiger partial charge in [0.2, 0.25) is 0 Å². The zero-order valence-corrected chi connectivity index (χ0v) is 13.4. The Kier molecular flexibility index (Phi) is 5.22. The van der Waals surface area contributed by atoms with Gasteiger partial charge in [-0.25, -0.2) is 0 Å². The molecule has 4 unspecified atom stereocenters. The van der Waals surface area contributed by atoms with Gasteiger partial charge in [-0.05, 0) is 42.0 Å². The summed E-state index contributed by atoms with van der Waals surface area (Å²) in [5.41, 5.74) is 8.77. The maximum absolute atomic E-state index is 12.5. The molecule has 0 amide bonds. The molecule has 2 rings (SSSR count). The van der Waals surface area contributed by atoms with Crippen LogP contribution in [0.15, 0.2) is 18.2 Å². The number of ether oxygens (including phenoxy) is 1. The van der Waals surface area contributed by atoms with Gasteiger partial charge in [-0.3, -0.25) is 4.21 Å². The molecule has 1 aromatic carbocycles. The molecule has 1 aromatic rings. The second kappa shape index (κ2) is 6.72. The first-order valence-electron chi connectivity index (χ1n) is 7.36. The smallest absolute Gasteiger partial charge is 0.119 e. The minimum absolute atomic E-state index is 0.0728. The van der Waals surface area contributed by atoms with Crippen molar-refractivity contribution in [1.82, 2.24) is 0 Å². The van der Waals surface area contributed by atoms with Gasteiger partial charge in [-0.2, -0.15) is 0 Å². The van der Waals surface area contributed by atoms with E-state index in [9.17, 15) is 4.21 Å². The zero-order valence-electron chi connectivity index (χ0n) is 12.6. The molecule has 4 atom stereocenters.